The number of hydrogen-bond donors (Lipinski definition) is 2. The highest BCUT2D eigenvalue weighted by Crippen LogP contribution is 2.21. The molecule has 2 N–H and O–H groups in total. The number of nitrogens with one attached hydrogen (secondary N) is 1. The third-order valence-electron chi connectivity index (χ3n) is 1.37. The van der Waals surface area contributed by atoms with Crippen LogP contribution < -0.4 is 5.32 Å². The van der Waals surface area contributed by atoms with E-state index in [-0.39, 0.29) is 5.69 Å². The van der Waals surface area contributed by atoms with Crippen molar-refractivity contribution in [1.82, 2.24) is 9.97 Å². The smallest absolute Gasteiger partial charge is 0.355 e. The van der Waals surface area contributed by atoms with Crippen LogP contribution in [0.3, 0.4) is 0 Å². The van der Waals surface area contributed by atoms with Gasteiger partial charge < -0.3 is 10.4 Å². The van der Waals surface area contributed by atoms with Crippen molar-refractivity contribution >= 4 is 38.9 Å². The molecule has 0 aromatic carbocycles. The number of carbonyl (C=O) groups is 1. The Labute approximate surface area is 87.1 Å². The molecule has 0 fully saturated rings. The van der Waals surface area contributed by atoms with Gasteiger partial charge in [0.05, 0.1) is 0 Å². The molecule has 14 heavy (non-hydrogen) atoms. The average Bonchev–Trinajstić information content (AvgIpc) is 2.75. The van der Waals surface area contributed by atoms with Gasteiger partial charge in [-0.3, -0.25) is 0 Å². The molecule has 0 aliphatic heterocycles. The van der Waals surface area contributed by atoms with Crippen LogP contribution in [-0.2, 0) is 0 Å². The first-order valence-electron chi connectivity index (χ1n) is 3.61. The van der Waals surface area contributed by atoms with Crippen molar-refractivity contribution in [2.75, 3.05) is 5.32 Å². The zero-order valence-corrected chi connectivity index (χ0v) is 8.43. The number of anilines is 2. The maximum atomic E-state index is 10.5. The maximum Gasteiger partial charge on any atom is 0.355 e. The van der Waals surface area contributed by atoms with Gasteiger partial charge in [0.2, 0.25) is 0 Å². The minimum Gasteiger partial charge on any atom is -0.476 e. The molecule has 0 saturated carbocycles. The Balaban J connectivity index is 2.14. The number of nitrogens with zero attached hydrogens (tertiary/aromatic N) is 2. The SMILES string of the molecule is O=C(O)c1csc(Nc2nccs2)n1. The molecule has 2 aromatic rings. The van der Waals surface area contributed by atoms with Crippen LogP contribution in [0.4, 0.5) is 10.3 Å². The average molecular weight is 227 g/mol. The van der Waals surface area contributed by atoms with Gasteiger partial charge in [-0.05, 0) is 0 Å². The van der Waals surface area contributed by atoms with Crippen molar-refractivity contribution in [3.8, 4) is 0 Å². The first kappa shape index (κ1) is 9.10. The zero-order chi connectivity index (χ0) is 9.97. The molecule has 72 valence electrons. The molecule has 7 heteroatoms. The maximum absolute atomic E-state index is 10.5. The summed E-state index contributed by atoms with van der Waals surface area (Å²) >= 11 is 2.67. The first-order valence-corrected chi connectivity index (χ1v) is 5.37. The first-order chi connectivity index (χ1) is 6.75. The van der Waals surface area contributed by atoms with E-state index in [4.69, 9.17) is 5.11 Å². The Bertz CT molecular complexity index is 437. The number of thiazole rings is 2. The number of carboxylic acids is 1. The normalized spacial score (nSPS) is 10.0. The van der Waals surface area contributed by atoms with Gasteiger partial charge >= 0.3 is 5.97 Å². The van der Waals surface area contributed by atoms with Crippen LogP contribution >= 0.6 is 22.7 Å². The summed E-state index contributed by atoms with van der Waals surface area (Å²) in [7, 11) is 0. The second kappa shape index (κ2) is 3.72. The van der Waals surface area contributed by atoms with Gasteiger partial charge in [0.15, 0.2) is 16.0 Å². The molecule has 0 saturated heterocycles. The summed E-state index contributed by atoms with van der Waals surface area (Å²) in [5, 5.41) is 16.1. The lowest BCUT2D eigenvalue weighted by atomic mass is 10.5. The van der Waals surface area contributed by atoms with Gasteiger partial charge in [0.1, 0.15) is 0 Å². The van der Waals surface area contributed by atoms with Gasteiger partial charge in [0, 0.05) is 17.0 Å². The number of hydrogen-bond acceptors (Lipinski definition) is 6. The lowest BCUT2D eigenvalue weighted by Gasteiger charge is -1.93. The number of carboxylic acid groups (broad SMARTS) is 1. The highest BCUT2D eigenvalue weighted by Gasteiger charge is 2.08. The van der Waals surface area contributed by atoms with Gasteiger partial charge in [-0.15, -0.1) is 22.7 Å². The molecule has 0 aliphatic carbocycles. The Kier molecular flexibility index (Phi) is 2.42. The molecule has 0 bridgehead atoms. The number of rotatable bonds is 3. The van der Waals surface area contributed by atoms with Crippen LogP contribution in [0.2, 0.25) is 0 Å². The number of aromatic nitrogens is 2. The van der Waals surface area contributed by atoms with Crippen molar-refractivity contribution in [2.45, 2.75) is 0 Å². The summed E-state index contributed by atoms with van der Waals surface area (Å²) in [5.41, 5.74) is 0.0501. The molecular formula is C7H5N3O2S2. The molecular weight excluding hydrogens is 222 g/mol. The summed E-state index contributed by atoms with van der Waals surface area (Å²) in [5.74, 6) is -1.02. The Morgan fingerprint density at radius 3 is 2.86 bits per heavy atom. The predicted octanol–water partition coefficient (Wildman–Crippen LogP) is 2.04. The van der Waals surface area contributed by atoms with E-state index in [0.717, 1.165) is 0 Å². The van der Waals surface area contributed by atoms with Crippen LogP contribution in [-0.4, -0.2) is 21.0 Å². The summed E-state index contributed by atoms with van der Waals surface area (Å²) < 4.78 is 0. The van der Waals surface area contributed by atoms with Gasteiger partial charge in [0.25, 0.3) is 0 Å². The van der Waals surface area contributed by atoms with Crippen LogP contribution in [0.1, 0.15) is 10.5 Å². The van der Waals surface area contributed by atoms with Crippen LogP contribution in [0.15, 0.2) is 17.0 Å². The lowest BCUT2D eigenvalue weighted by Crippen LogP contribution is -1.96. The quantitative estimate of drug-likeness (QED) is 0.839. The van der Waals surface area contributed by atoms with E-state index in [1.54, 1.807) is 6.20 Å². The Morgan fingerprint density at radius 1 is 1.43 bits per heavy atom. The molecule has 2 rings (SSSR count). The van der Waals surface area contributed by atoms with Crippen molar-refractivity contribution in [2.24, 2.45) is 0 Å². The van der Waals surface area contributed by atoms with E-state index in [1.807, 2.05) is 5.38 Å². The monoisotopic (exact) mass is 227 g/mol. The van der Waals surface area contributed by atoms with E-state index in [9.17, 15) is 4.79 Å². The van der Waals surface area contributed by atoms with E-state index < -0.39 is 5.97 Å². The molecule has 0 unspecified atom stereocenters. The van der Waals surface area contributed by atoms with Crippen molar-refractivity contribution in [1.29, 1.82) is 0 Å². The molecule has 0 atom stereocenters. The highest BCUT2D eigenvalue weighted by atomic mass is 32.1. The van der Waals surface area contributed by atoms with Crippen molar-refractivity contribution in [3.63, 3.8) is 0 Å². The number of aromatic carboxylic acids is 1. The minimum absolute atomic E-state index is 0.0501. The van der Waals surface area contributed by atoms with Gasteiger partial charge in [-0.1, -0.05) is 0 Å². The van der Waals surface area contributed by atoms with Gasteiger partial charge in [-0.25, -0.2) is 14.8 Å². The van der Waals surface area contributed by atoms with E-state index >= 15 is 0 Å². The third kappa shape index (κ3) is 1.88. The van der Waals surface area contributed by atoms with Crippen LogP contribution in [0.25, 0.3) is 0 Å². The summed E-state index contributed by atoms with van der Waals surface area (Å²) in [4.78, 5) is 18.4. The molecule has 0 aliphatic rings. The fourth-order valence-electron chi connectivity index (χ4n) is 0.806. The molecule has 2 aromatic heterocycles. The summed E-state index contributed by atoms with van der Waals surface area (Å²) in [6.45, 7) is 0. The molecule has 0 radical (unpaired) electrons. The minimum atomic E-state index is -1.02. The Morgan fingerprint density at radius 2 is 2.29 bits per heavy atom. The second-order valence-corrected chi connectivity index (χ2v) is 4.06. The highest BCUT2D eigenvalue weighted by molar-refractivity contribution is 7.16. The Hall–Kier alpha value is -1.47. The summed E-state index contributed by atoms with van der Waals surface area (Å²) in [6.07, 6.45) is 1.67. The fourth-order valence-corrected chi connectivity index (χ4v) is 2.08. The summed E-state index contributed by atoms with van der Waals surface area (Å²) in [6, 6.07) is 0. The van der Waals surface area contributed by atoms with Crippen LogP contribution in [0, 0.1) is 0 Å². The molecule has 5 nitrogen and oxygen atoms in total. The lowest BCUT2D eigenvalue weighted by molar-refractivity contribution is 0.0691. The standard InChI is InChI=1S/C7H5N3O2S2/c11-5(12)4-3-14-7(9-4)10-6-8-1-2-13-6/h1-3H,(H,11,12)(H,8,9,10). The topological polar surface area (TPSA) is 75.1 Å². The van der Waals surface area contributed by atoms with Gasteiger partial charge in [-0.2, -0.15) is 0 Å². The van der Waals surface area contributed by atoms with Crippen molar-refractivity contribution in [3.05, 3.63) is 22.7 Å². The fraction of sp³-hybridized carbons (Fsp3) is 0. The molecule has 0 spiro atoms. The van der Waals surface area contributed by atoms with E-state index in [1.165, 1.54) is 28.1 Å². The third-order valence-corrected chi connectivity index (χ3v) is 2.82. The van der Waals surface area contributed by atoms with E-state index in [2.05, 4.69) is 15.3 Å². The zero-order valence-electron chi connectivity index (χ0n) is 6.80. The van der Waals surface area contributed by atoms with Crippen LogP contribution in [0.5, 0.6) is 0 Å². The second-order valence-electron chi connectivity index (χ2n) is 2.31. The molecule has 2 heterocycles. The van der Waals surface area contributed by atoms with E-state index in [0.29, 0.717) is 10.3 Å². The largest absolute Gasteiger partial charge is 0.476 e. The molecule has 0 amide bonds. The predicted molar refractivity (Wildman–Crippen MR) is 54.5 cm³/mol. The van der Waals surface area contributed by atoms with Crippen molar-refractivity contribution < 1.29 is 9.90 Å².